The van der Waals surface area contributed by atoms with Gasteiger partial charge in [0.05, 0.1) is 12.1 Å². The van der Waals surface area contributed by atoms with Crippen molar-refractivity contribution in [3.05, 3.63) is 35.1 Å². The van der Waals surface area contributed by atoms with Gasteiger partial charge in [0.15, 0.2) is 0 Å². The molecule has 0 aromatic heterocycles. The molecule has 1 aromatic carbocycles. The summed E-state index contributed by atoms with van der Waals surface area (Å²) in [7, 11) is 0. The summed E-state index contributed by atoms with van der Waals surface area (Å²) in [6.45, 7) is 5.51. The highest BCUT2D eigenvalue weighted by Crippen LogP contribution is 2.16. The van der Waals surface area contributed by atoms with E-state index in [9.17, 15) is 9.18 Å². The molecule has 0 saturated heterocycles. The van der Waals surface area contributed by atoms with Crippen LogP contribution in [0.5, 0.6) is 0 Å². The Morgan fingerprint density at radius 1 is 1.50 bits per heavy atom. The van der Waals surface area contributed by atoms with Crippen molar-refractivity contribution in [3.8, 4) is 0 Å². The lowest BCUT2D eigenvalue weighted by molar-refractivity contribution is -0.123. The molecule has 0 spiro atoms. The first-order chi connectivity index (χ1) is 8.45. The number of carbonyl (C=O) groups excluding carboxylic acids is 1. The van der Waals surface area contributed by atoms with Crippen LogP contribution in [-0.2, 0) is 4.79 Å². The molecular formula is C14H21FN2O. The number of nitrogens with two attached hydrogens (primary N) is 1. The number of amides is 1. The molecule has 1 aromatic rings. The molecule has 0 fully saturated rings. The van der Waals surface area contributed by atoms with Crippen molar-refractivity contribution >= 4 is 5.91 Å². The Bertz CT molecular complexity index is 420. The Labute approximate surface area is 108 Å². The normalized spacial score (nSPS) is 14.1. The van der Waals surface area contributed by atoms with Crippen LogP contribution in [0.15, 0.2) is 18.2 Å². The molecular weight excluding hydrogens is 231 g/mol. The molecule has 0 radical (unpaired) electrons. The van der Waals surface area contributed by atoms with E-state index < -0.39 is 6.04 Å². The molecule has 1 amide bonds. The van der Waals surface area contributed by atoms with Crippen molar-refractivity contribution in [2.24, 2.45) is 5.73 Å². The summed E-state index contributed by atoms with van der Waals surface area (Å²) in [5.41, 5.74) is 7.06. The first kappa shape index (κ1) is 14.6. The standard InChI is InChI=1S/C14H21FN2O/c1-4-5-13(16)14(18)17-10(3)11-7-6-9(2)12(15)8-11/h6-8,10,13H,4-5,16H2,1-3H3,(H,17,18)/t10?,13-/m1/s1. The van der Waals surface area contributed by atoms with Gasteiger partial charge in [-0.05, 0) is 37.5 Å². The van der Waals surface area contributed by atoms with E-state index in [4.69, 9.17) is 5.73 Å². The Morgan fingerprint density at radius 2 is 2.17 bits per heavy atom. The number of hydrogen-bond donors (Lipinski definition) is 2. The van der Waals surface area contributed by atoms with E-state index >= 15 is 0 Å². The second kappa shape index (κ2) is 6.50. The number of rotatable bonds is 5. The van der Waals surface area contributed by atoms with Crippen LogP contribution >= 0.6 is 0 Å². The third kappa shape index (κ3) is 3.81. The number of nitrogens with one attached hydrogen (secondary N) is 1. The van der Waals surface area contributed by atoms with E-state index in [-0.39, 0.29) is 17.8 Å². The molecule has 3 nitrogen and oxygen atoms in total. The highest BCUT2D eigenvalue weighted by Gasteiger charge is 2.16. The summed E-state index contributed by atoms with van der Waals surface area (Å²) < 4.78 is 13.4. The van der Waals surface area contributed by atoms with Crippen molar-refractivity contribution in [1.29, 1.82) is 0 Å². The van der Waals surface area contributed by atoms with Crippen LogP contribution in [-0.4, -0.2) is 11.9 Å². The summed E-state index contributed by atoms with van der Waals surface area (Å²) in [4.78, 5) is 11.7. The van der Waals surface area contributed by atoms with Gasteiger partial charge in [0.1, 0.15) is 5.82 Å². The molecule has 0 heterocycles. The zero-order chi connectivity index (χ0) is 13.7. The quantitative estimate of drug-likeness (QED) is 0.845. The smallest absolute Gasteiger partial charge is 0.237 e. The van der Waals surface area contributed by atoms with E-state index in [0.717, 1.165) is 12.0 Å². The molecule has 4 heteroatoms. The molecule has 0 bridgehead atoms. The van der Waals surface area contributed by atoms with Crippen molar-refractivity contribution < 1.29 is 9.18 Å². The van der Waals surface area contributed by atoms with Gasteiger partial charge in [0.2, 0.25) is 5.91 Å². The fourth-order valence-corrected chi connectivity index (χ4v) is 1.72. The van der Waals surface area contributed by atoms with Gasteiger partial charge in [-0.3, -0.25) is 4.79 Å². The fraction of sp³-hybridized carbons (Fsp3) is 0.500. The maximum atomic E-state index is 13.4. The Hall–Kier alpha value is -1.42. The SMILES string of the molecule is CCC[C@@H](N)C(=O)NC(C)c1ccc(C)c(F)c1. The van der Waals surface area contributed by atoms with Crippen LogP contribution in [0.4, 0.5) is 4.39 Å². The van der Waals surface area contributed by atoms with Crippen molar-refractivity contribution in [3.63, 3.8) is 0 Å². The lowest BCUT2D eigenvalue weighted by Crippen LogP contribution is -2.41. The lowest BCUT2D eigenvalue weighted by atomic mass is 10.1. The van der Waals surface area contributed by atoms with Crippen LogP contribution in [0.3, 0.4) is 0 Å². The van der Waals surface area contributed by atoms with Gasteiger partial charge in [-0.1, -0.05) is 25.5 Å². The topological polar surface area (TPSA) is 55.1 Å². The second-order valence-corrected chi connectivity index (χ2v) is 4.63. The summed E-state index contributed by atoms with van der Waals surface area (Å²) in [5.74, 6) is -0.447. The van der Waals surface area contributed by atoms with Crippen LogP contribution in [0.25, 0.3) is 0 Å². The predicted molar refractivity (Wildman–Crippen MR) is 70.6 cm³/mol. The number of halogens is 1. The van der Waals surface area contributed by atoms with Gasteiger partial charge < -0.3 is 11.1 Å². The fourth-order valence-electron chi connectivity index (χ4n) is 1.72. The Kier molecular flexibility index (Phi) is 5.28. The molecule has 0 aliphatic heterocycles. The minimum absolute atomic E-state index is 0.190. The molecule has 1 rings (SSSR count). The maximum Gasteiger partial charge on any atom is 0.237 e. The molecule has 0 saturated carbocycles. The number of benzene rings is 1. The molecule has 3 N–H and O–H groups in total. The van der Waals surface area contributed by atoms with Crippen molar-refractivity contribution in [2.75, 3.05) is 0 Å². The summed E-state index contributed by atoms with van der Waals surface area (Å²) in [5, 5.41) is 2.80. The highest BCUT2D eigenvalue weighted by atomic mass is 19.1. The second-order valence-electron chi connectivity index (χ2n) is 4.63. The van der Waals surface area contributed by atoms with E-state index in [0.29, 0.717) is 12.0 Å². The van der Waals surface area contributed by atoms with Gasteiger partial charge in [0.25, 0.3) is 0 Å². The molecule has 0 aliphatic carbocycles. The third-order valence-corrected chi connectivity index (χ3v) is 2.99. The van der Waals surface area contributed by atoms with Gasteiger partial charge in [-0.2, -0.15) is 0 Å². The third-order valence-electron chi connectivity index (χ3n) is 2.99. The van der Waals surface area contributed by atoms with E-state index in [1.807, 2.05) is 19.9 Å². The van der Waals surface area contributed by atoms with Crippen LogP contribution in [0, 0.1) is 12.7 Å². The zero-order valence-electron chi connectivity index (χ0n) is 11.2. The highest BCUT2D eigenvalue weighted by molar-refractivity contribution is 5.81. The minimum Gasteiger partial charge on any atom is -0.348 e. The summed E-state index contributed by atoms with van der Waals surface area (Å²) in [6, 6.07) is 4.24. The molecule has 2 atom stereocenters. The van der Waals surface area contributed by atoms with Crippen LogP contribution < -0.4 is 11.1 Å². The molecule has 0 aliphatic rings. The monoisotopic (exact) mass is 252 g/mol. The molecule has 18 heavy (non-hydrogen) atoms. The average Bonchev–Trinajstić information content (AvgIpc) is 2.32. The average molecular weight is 252 g/mol. The Morgan fingerprint density at radius 3 is 2.72 bits per heavy atom. The number of aryl methyl sites for hydroxylation is 1. The first-order valence-electron chi connectivity index (χ1n) is 6.27. The predicted octanol–water partition coefficient (Wildman–Crippen LogP) is 2.44. The van der Waals surface area contributed by atoms with E-state index in [1.54, 1.807) is 13.0 Å². The van der Waals surface area contributed by atoms with Gasteiger partial charge in [-0.15, -0.1) is 0 Å². The van der Waals surface area contributed by atoms with Gasteiger partial charge in [0, 0.05) is 0 Å². The van der Waals surface area contributed by atoms with Crippen LogP contribution in [0.2, 0.25) is 0 Å². The van der Waals surface area contributed by atoms with E-state index in [1.165, 1.54) is 6.07 Å². The van der Waals surface area contributed by atoms with Crippen molar-refractivity contribution in [2.45, 2.75) is 45.7 Å². The number of carbonyl (C=O) groups is 1. The van der Waals surface area contributed by atoms with Gasteiger partial charge in [-0.25, -0.2) is 4.39 Å². The van der Waals surface area contributed by atoms with E-state index in [2.05, 4.69) is 5.32 Å². The molecule has 100 valence electrons. The molecule has 1 unspecified atom stereocenters. The largest absolute Gasteiger partial charge is 0.348 e. The summed E-state index contributed by atoms with van der Waals surface area (Å²) in [6.07, 6.45) is 1.52. The number of hydrogen-bond acceptors (Lipinski definition) is 2. The minimum atomic E-state index is -0.493. The maximum absolute atomic E-state index is 13.4. The van der Waals surface area contributed by atoms with Crippen molar-refractivity contribution in [1.82, 2.24) is 5.32 Å². The van der Waals surface area contributed by atoms with Gasteiger partial charge >= 0.3 is 0 Å². The lowest BCUT2D eigenvalue weighted by Gasteiger charge is -2.18. The Balaban J connectivity index is 2.67. The summed E-state index contributed by atoms with van der Waals surface area (Å²) >= 11 is 0. The zero-order valence-corrected chi connectivity index (χ0v) is 11.2. The van der Waals surface area contributed by atoms with Crippen LogP contribution in [0.1, 0.15) is 43.9 Å². The first-order valence-corrected chi connectivity index (χ1v) is 6.27.